The lowest BCUT2D eigenvalue weighted by atomic mass is 9.68. The van der Waals surface area contributed by atoms with E-state index >= 15 is 0 Å². The maximum atomic E-state index is 6.52. The molecule has 1 aliphatic rings. The molecule has 116 valence electrons. The summed E-state index contributed by atoms with van der Waals surface area (Å²) in [5.41, 5.74) is 0.397. The molecule has 0 N–H and O–H groups in total. The van der Waals surface area contributed by atoms with Crippen molar-refractivity contribution < 1.29 is 4.43 Å². The standard InChI is InChI=1S/C17H31IOSi/c1-8-10-17(14(2)9-11-18)13-16(3,4)12-15(17)19-20(5,6)7/h8,12,14H,1,9-11,13H2,2-7H3/t14-,17+/m0/s1. The Labute approximate surface area is 140 Å². The lowest BCUT2D eigenvalue weighted by molar-refractivity contribution is 0.132. The number of alkyl halides is 1. The highest BCUT2D eigenvalue weighted by Crippen LogP contribution is 2.56. The highest BCUT2D eigenvalue weighted by molar-refractivity contribution is 14.1. The fourth-order valence-corrected chi connectivity index (χ4v) is 5.26. The van der Waals surface area contributed by atoms with Gasteiger partial charge in [0.25, 0.3) is 0 Å². The van der Waals surface area contributed by atoms with E-state index in [9.17, 15) is 0 Å². The van der Waals surface area contributed by atoms with Crippen LogP contribution in [0.2, 0.25) is 19.6 Å². The molecule has 1 aliphatic carbocycles. The summed E-state index contributed by atoms with van der Waals surface area (Å²) in [6.07, 6.45) is 7.95. The molecular formula is C17H31IOSi. The zero-order valence-corrected chi connectivity index (χ0v) is 17.2. The molecule has 0 aromatic heterocycles. The van der Waals surface area contributed by atoms with Crippen molar-refractivity contribution in [1.82, 2.24) is 0 Å². The van der Waals surface area contributed by atoms with Crippen LogP contribution in [0.4, 0.5) is 0 Å². The van der Waals surface area contributed by atoms with Gasteiger partial charge in [-0.05, 0) is 60.7 Å². The highest BCUT2D eigenvalue weighted by atomic mass is 127. The number of rotatable bonds is 7. The van der Waals surface area contributed by atoms with Gasteiger partial charge in [0.15, 0.2) is 0 Å². The third-order valence-corrected chi connectivity index (χ3v) is 5.65. The summed E-state index contributed by atoms with van der Waals surface area (Å²) in [5, 5.41) is 0. The van der Waals surface area contributed by atoms with E-state index in [4.69, 9.17) is 4.43 Å². The minimum absolute atomic E-state index is 0.163. The fourth-order valence-electron chi connectivity index (χ4n) is 3.40. The molecule has 3 heteroatoms. The summed E-state index contributed by atoms with van der Waals surface area (Å²) in [4.78, 5) is 0. The summed E-state index contributed by atoms with van der Waals surface area (Å²) in [5.74, 6) is 1.90. The minimum Gasteiger partial charge on any atom is -0.547 e. The molecule has 0 aromatic carbocycles. The molecule has 0 spiro atoms. The highest BCUT2D eigenvalue weighted by Gasteiger charge is 2.49. The number of allylic oxidation sites excluding steroid dienone is 3. The van der Waals surface area contributed by atoms with Crippen LogP contribution in [0.1, 0.15) is 40.0 Å². The monoisotopic (exact) mass is 406 g/mol. The fraction of sp³-hybridized carbons (Fsp3) is 0.765. The van der Waals surface area contributed by atoms with Crippen LogP contribution >= 0.6 is 22.6 Å². The number of hydrogen-bond acceptors (Lipinski definition) is 1. The first kappa shape index (κ1) is 18.3. The first-order valence-electron chi connectivity index (χ1n) is 7.65. The molecule has 1 rings (SSSR count). The van der Waals surface area contributed by atoms with E-state index in [1.165, 1.54) is 23.0 Å². The Morgan fingerprint density at radius 3 is 2.50 bits per heavy atom. The van der Waals surface area contributed by atoms with Crippen molar-refractivity contribution in [1.29, 1.82) is 0 Å². The summed E-state index contributed by atoms with van der Waals surface area (Å²) >= 11 is 2.49. The van der Waals surface area contributed by atoms with E-state index in [0.717, 1.165) is 6.42 Å². The van der Waals surface area contributed by atoms with Gasteiger partial charge in [0.05, 0.1) is 5.76 Å². The van der Waals surface area contributed by atoms with Gasteiger partial charge in [0, 0.05) is 5.41 Å². The van der Waals surface area contributed by atoms with E-state index in [1.54, 1.807) is 0 Å². The molecule has 20 heavy (non-hydrogen) atoms. The van der Waals surface area contributed by atoms with Gasteiger partial charge in [-0.1, -0.05) is 49.4 Å². The van der Waals surface area contributed by atoms with Crippen molar-refractivity contribution in [2.45, 2.75) is 59.7 Å². The van der Waals surface area contributed by atoms with E-state index < -0.39 is 8.32 Å². The molecule has 0 heterocycles. The molecule has 0 saturated heterocycles. The van der Waals surface area contributed by atoms with Crippen LogP contribution in [-0.4, -0.2) is 12.7 Å². The molecule has 0 aromatic rings. The van der Waals surface area contributed by atoms with Crippen molar-refractivity contribution >= 4 is 30.9 Å². The van der Waals surface area contributed by atoms with E-state index in [-0.39, 0.29) is 10.8 Å². The third kappa shape index (κ3) is 4.36. The second-order valence-electron chi connectivity index (χ2n) is 7.92. The topological polar surface area (TPSA) is 9.23 Å². The first-order chi connectivity index (χ1) is 9.06. The second-order valence-corrected chi connectivity index (χ2v) is 13.4. The molecule has 0 aliphatic heterocycles. The van der Waals surface area contributed by atoms with E-state index in [0.29, 0.717) is 5.92 Å². The van der Waals surface area contributed by atoms with Gasteiger partial charge in [-0.2, -0.15) is 0 Å². The SMILES string of the molecule is C=CC[C@]1([C@@H](C)CCI)CC(C)(C)C=C1O[Si](C)(C)C. The predicted octanol–water partition coefficient (Wildman–Crippen LogP) is 6.18. The maximum Gasteiger partial charge on any atom is 0.241 e. The second kappa shape index (κ2) is 6.55. The van der Waals surface area contributed by atoms with Gasteiger partial charge in [-0.25, -0.2) is 0 Å². The number of hydrogen-bond donors (Lipinski definition) is 0. The Kier molecular flexibility index (Phi) is 5.99. The molecule has 0 unspecified atom stereocenters. The van der Waals surface area contributed by atoms with Crippen LogP contribution in [0.5, 0.6) is 0 Å². The van der Waals surface area contributed by atoms with Crippen LogP contribution in [0.3, 0.4) is 0 Å². The Balaban J connectivity index is 3.19. The molecule has 1 nitrogen and oxygen atoms in total. The normalized spacial score (nSPS) is 27.1. The molecule has 0 radical (unpaired) electrons. The van der Waals surface area contributed by atoms with Crippen LogP contribution in [0.25, 0.3) is 0 Å². The molecule has 0 fully saturated rings. The smallest absolute Gasteiger partial charge is 0.241 e. The Morgan fingerprint density at radius 2 is 2.05 bits per heavy atom. The van der Waals surface area contributed by atoms with Crippen molar-refractivity contribution in [3.05, 3.63) is 24.5 Å². The summed E-state index contributed by atoms with van der Waals surface area (Å²) in [7, 11) is -1.58. The van der Waals surface area contributed by atoms with Gasteiger partial charge >= 0.3 is 0 Å². The maximum absolute atomic E-state index is 6.52. The molecule has 0 saturated carbocycles. The predicted molar refractivity (Wildman–Crippen MR) is 101 cm³/mol. The van der Waals surface area contributed by atoms with Gasteiger partial charge in [-0.15, -0.1) is 6.58 Å². The summed E-state index contributed by atoms with van der Waals surface area (Å²) in [6.45, 7) is 17.9. The molecular weight excluding hydrogens is 375 g/mol. The van der Waals surface area contributed by atoms with Gasteiger partial charge in [0.2, 0.25) is 8.32 Å². The Hall–Kier alpha value is 0.227. The van der Waals surface area contributed by atoms with Crippen LogP contribution < -0.4 is 0 Å². The van der Waals surface area contributed by atoms with E-state index in [1.807, 2.05) is 0 Å². The minimum atomic E-state index is -1.58. The van der Waals surface area contributed by atoms with Crippen molar-refractivity contribution in [2.75, 3.05) is 4.43 Å². The number of halogens is 1. The van der Waals surface area contributed by atoms with Gasteiger partial charge in [0.1, 0.15) is 0 Å². The molecule has 0 bridgehead atoms. The lowest BCUT2D eigenvalue weighted by Gasteiger charge is -2.40. The van der Waals surface area contributed by atoms with Crippen molar-refractivity contribution in [3.63, 3.8) is 0 Å². The van der Waals surface area contributed by atoms with E-state index in [2.05, 4.69) is 81.7 Å². The largest absolute Gasteiger partial charge is 0.547 e. The molecule has 2 atom stereocenters. The van der Waals surface area contributed by atoms with Crippen molar-refractivity contribution in [3.8, 4) is 0 Å². The molecule has 0 amide bonds. The zero-order valence-electron chi connectivity index (χ0n) is 14.1. The van der Waals surface area contributed by atoms with Crippen LogP contribution in [-0.2, 0) is 4.43 Å². The summed E-state index contributed by atoms with van der Waals surface area (Å²) in [6, 6.07) is 0. The van der Waals surface area contributed by atoms with Crippen LogP contribution in [0.15, 0.2) is 24.5 Å². The Bertz CT molecular complexity index is 381. The quantitative estimate of drug-likeness (QED) is 0.212. The average Bonchev–Trinajstić information content (AvgIpc) is 2.49. The average molecular weight is 406 g/mol. The lowest BCUT2D eigenvalue weighted by Crippen LogP contribution is -2.36. The summed E-state index contributed by atoms with van der Waals surface area (Å²) < 4.78 is 7.73. The van der Waals surface area contributed by atoms with Crippen molar-refractivity contribution in [2.24, 2.45) is 16.7 Å². The van der Waals surface area contributed by atoms with Gasteiger partial charge in [-0.3, -0.25) is 0 Å². The van der Waals surface area contributed by atoms with Gasteiger partial charge < -0.3 is 4.43 Å². The Morgan fingerprint density at radius 1 is 1.45 bits per heavy atom. The zero-order chi connectivity index (χ0) is 15.6. The third-order valence-electron chi connectivity index (χ3n) is 4.19. The van der Waals surface area contributed by atoms with Crippen LogP contribution in [0, 0.1) is 16.7 Å². The first-order valence-corrected chi connectivity index (χ1v) is 12.6.